The van der Waals surface area contributed by atoms with Gasteiger partial charge in [-0.25, -0.2) is 0 Å². The molecule has 0 aromatic carbocycles. The van der Waals surface area contributed by atoms with Crippen LogP contribution in [-0.4, -0.2) is 19.2 Å². The van der Waals surface area contributed by atoms with Crippen LogP contribution < -0.4 is 5.32 Å². The van der Waals surface area contributed by atoms with Gasteiger partial charge < -0.3 is 10.1 Å². The van der Waals surface area contributed by atoms with Crippen LogP contribution in [0.1, 0.15) is 26.7 Å². The van der Waals surface area contributed by atoms with Crippen molar-refractivity contribution in [2.75, 3.05) is 13.3 Å². The fourth-order valence-electron chi connectivity index (χ4n) is 0.651. The number of amides is 1. The lowest BCUT2D eigenvalue weighted by Gasteiger charge is -2.02. The van der Waals surface area contributed by atoms with Crippen molar-refractivity contribution in [3.8, 4) is 0 Å². The molecule has 0 radical (unpaired) electrons. The molecular formula is C9H17NO2. The fourth-order valence-corrected chi connectivity index (χ4v) is 0.651. The predicted molar refractivity (Wildman–Crippen MR) is 48.7 cm³/mol. The molecule has 0 unspecified atom stereocenters. The first-order chi connectivity index (χ1) is 5.81. The molecule has 3 heteroatoms. The van der Waals surface area contributed by atoms with Gasteiger partial charge in [0.05, 0.1) is 0 Å². The second-order valence-electron chi connectivity index (χ2n) is 2.45. The van der Waals surface area contributed by atoms with Gasteiger partial charge in [0.25, 0.3) is 0 Å². The first kappa shape index (κ1) is 11.2. The SMILES string of the molecule is CC=CC(=O)NCOCCCC. The molecule has 1 amide bonds. The van der Waals surface area contributed by atoms with Crippen LogP contribution in [0, 0.1) is 0 Å². The minimum atomic E-state index is -0.103. The average molecular weight is 171 g/mol. The summed E-state index contributed by atoms with van der Waals surface area (Å²) < 4.78 is 5.13. The Labute approximate surface area is 73.8 Å². The van der Waals surface area contributed by atoms with Crippen LogP contribution in [0.25, 0.3) is 0 Å². The van der Waals surface area contributed by atoms with Gasteiger partial charge in [0.2, 0.25) is 5.91 Å². The van der Waals surface area contributed by atoms with Crippen LogP contribution in [0.4, 0.5) is 0 Å². The Morgan fingerprint density at radius 3 is 2.92 bits per heavy atom. The number of allylic oxidation sites excluding steroid dienone is 1. The number of hydrogen-bond acceptors (Lipinski definition) is 2. The number of carbonyl (C=O) groups is 1. The van der Waals surface area contributed by atoms with Crippen molar-refractivity contribution >= 4 is 5.91 Å². The molecule has 0 atom stereocenters. The number of nitrogens with one attached hydrogen (secondary N) is 1. The molecule has 0 bridgehead atoms. The zero-order valence-corrected chi connectivity index (χ0v) is 7.80. The van der Waals surface area contributed by atoms with Crippen molar-refractivity contribution < 1.29 is 9.53 Å². The normalized spacial score (nSPS) is 10.5. The van der Waals surface area contributed by atoms with E-state index in [4.69, 9.17) is 4.74 Å². The number of unbranched alkanes of at least 4 members (excludes halogenated alkanes) is 1. The highest BCUT2D eigenvalue weighted by atomic mass is 16.5. The summed E-state index contributed by atoms with van der Waals surface area (Å²) in [6, 6.07) is 0. The second-order valence-corrected chi connectivity index (χ2v) is 2.45. The maximum Gasteiger partial charge on any atom is 0.245 e. The topological polar surface area (TPSA) is 38.3 Å². The van der Waals surface area contributed by atoms with E-state index in [0.29, 0.717) is 13.3 Å². The van der Waals surface area contributed by atoms with Crippen LogP contribution in [0.5, 0.6) is 0 Å². The van der Waals surface area contributed by atoms with Gasteiger partial charge in [-0.05, 0) is 19.4 Å². The van der Waals surface area contributed by atoms with E-state index in [9.17, 15) is 4.79 Å². The molecule has 0 spiro atoms. The zero-order valence-electron chi connectivity index (χ0n) is 7.80. The molecule has 0 aliphatic carbocycles. The fraction of sp³-hybridized carbons (Fsp3) is 0.667. The average Bonchev–Trinajstić information content (AvgIpc) is 2.05. The first-order valence-electron chi connectivity index (χ1n) is 4.29. The lowest BCUT2D eigenvalue weighted by Crippen LogP contribution is -2.24. The third-order valence-corrected chi connectivity index (χ3v) is 1.31. The van der Waals surface area contributed by atoms with Crippen molar-refractivity contribution in [1.29, 1.82) is 0 Å². The highest BCUT2D eigenvalue weighted by molar-refractivity contribution is 5.87. The van der Waals surface area contributed by atoms with Crippen LogP contribution in [0.2, 0.25) is 0 Å². The molecule has 0 saturated heterocycles. The Morgan fingerprint density at radius 2 is 2.33 bits per heavy atom. The van der Waals surface area contributed by atoms with Gasteiger partial charge >= 0.3 is 0 Å². The molecule has 3 nitrogen and oxygen atoms in total. The largest absolute Gasteiger partial charge is 0.361 e. The van der Waals surface area contributed by atoms with E-state index in [2.05, 4.69) is 12.2 Å². The maximum atomic E-state index is 10.8. The van der Waals surface area contributed by atoms with Gasteiger partial charge in [-0.2, -0.15) is 0 Å². The van der Waals surface area contributed by atoms with Gasteiger partial charge in [0, 0.05) is 6.61 Å². The van der Waals surface area contributed by atoms with E-state index < -0.39 is 0 Å². The first-order valence-corrected chi connectivity index (χ1v) is 4.29. The van der Waals surface area contributed by atoms with Crippen LogP contribution >= 0.6 is 0 Å². The molecule has 1 N–H and O–H groups in total. The van der Waals surface area contributed by atoms with E-state index in [-0.39, 0.29) is 5.91 Å². The van der Waals surface area contributed by atoms with E-state index in [0.717, 1.165) is 12.8 Å². The van der Waals surface area contributed by atoms with Gasteiger partial charge in [0.1, 0.15) is 6.73 Å². The van der Waals surface area contributed by atoms with E-state index in [1.54, 1.807) is 13.0 Å². The summed E-state index contributed by atoms with van der Waals surface area (Å²) in [5.41, 5.74) is 0. The highest BCUT2D eigenvalue weighted by Crippen LogP contribution is 1.85. The number of rotatable bonds is 6. The summed E-state index contributed by atoms with van der Waals surface area (Å²) in [5.74, 6) is -0.103. The standard InChI is InChI=1S/C9H17NO2/c1-3-5-7-12-8-10-9(11)6-4-2/h4,6H,3,5,7-8H2,1-2H3,(H,10,11). The minimum Gasteiger partial charge on any atom is -0.361 e. The lowest BCUT2D eigenvalue weighted by molar-refractivity contribution is -0.118. The van der Waals surface area contributed by atoms with Crippen molar-refractivity contribution in [2.24, 2.45) is 0 Å². The Hall–Kier alpha value is -0.830. The van der Waals surface area contributed by atoms with Gasteiger partial charge in [-0.3, -0.25) is 4.79 Å². The summed E-state index contributed by atoms with van der Waals surface area (Å²) in [4.78, 5) is 10.8. The molecule has 12 heavy (non-hydrogen) atoms. The number of ether oxygens (including phenoxy) is 1. The minimum absolute atomic E-state index is 0.103. The van der Waals surface area contributed by atoms with Crippen molar-refractivity contribution in [3.63, 3.8) is 0 Å². The van der Waals surface area contributed by atoms with Crippen LogP contribution in [0.3, 0.4) is 0 Å². The molecule has 0 aliphatic rings. The van der Waals surface area contributed by atoms with Gasteiger partial charge in [-0.1, -0.05) is 19.4 Å². The van der Waals surface area contributed by atoms with Crippen LogP contribution in [-0.2, 0) is 9.53 Å². The molecule has 0 aliphatic heterocycles. The quantitative estimate of drug-likeness (QED) is 0.373. The molecule has 0 heterocycles. The van der Waals surface area contributed by atoms with Crippen molar-refractivity contribution in [3.05, 3.63) is 12.2 Å². The molecule has 0 fully saturated rings. The summed E-state index contributed by atoms with van der Waals surface area (Å²) in [6.45, 7) is 4.93. The smallest absolute Gasteiger partial charge is 0.245 e. The second kappa shape index (κ2) is 8.27. The number of carbonyl (C=O) groups excluding carboxylic acids is 1. The van der Waals surface area contributed by atoms with Gasteiger partial charge in [-0.15, -0.1) is 0 Å². The third-order valence-electron chi connectivity index (χ3n) is 1.31. The third kappa shape index (κ3) is 7.28. The molecule has 0 saturated carbocycles. The summed E-state index contributed by atoms with van der Waals surface area (Å²) in [6.07, 6.45) is 5.33. The maximum absolute atomic E-state index is 10.8. The summed E-state index contributed by atoms with van der Waals surface area (Å²) in [7, 11) is 0. The summed E-state index contributed by atoms with van der Waals surface area (Å²) in [5, 5.41) is 2.59. The van der Waals surface area contributed by atoms with Crippen molar-refractivity contribution in [2.45, 2.75) is 26.7 Å². The molecular weight excluding hydrogens is 154 g/mol. The Balaban J connectivity index is 3.14. The van der Waals surface area contributed by atoms with E-state index in [1.807, 2.05) is 0 Å². The number of hydrogen-bond donors (Lipinski definition) is 1. The van der Waals surface area contributed by atoms with E-state index >= 15 is 0 Å². The molecule has 0 rings (SSSR count). The van der Waals surface area contributed by atoms with Crippen LogP contribution in [0.15, 0.2) is 12.2 Å². The Kier molecular flexibility index (Phi) is 7.70. The lowest BCUT2D eigenvalue weighted by atomic mass is 10.4. The molecule has 0 aromatic heterocycles. The zero-order chi connectivity index (χ0) is 9.23. The molecule has 0 aromatic rings. The van der Waals surface area contributed by atoms with Crippen molar-refractivity contribution in [1.82, 2.24) is 5.32 Å². The van der Waals surface area contributed by atoms with Gasteiger partial charge in [0.15, 0.2) is 0 Å². The molecule has 70 valence electrons. The highest BCUT2D eigenvalue weighted by Gasteiger charge is 1.91. The Bertz CT molecular complexity index is 143. The summed E-state index contributed by atoms with van der Waals surface area (Å²) >= 11 is 0. The van der Waals surface area contributed by atoms with E-state index in [1.165, 1.54) is 6.08 Å². The predicted octanol–water partition coefficient (Wildman–Crippen LogP) is 1.45. The monoisotopic (exact) mass is 171 g/mol. The Morgan fingerprint density at radius 1 is 1.58 bits per heavy atom.